The molecule has 0 aliphatic rings. The van der Waals surface area contributed by atoms with Gasteiger partial charge in [0.05, 0.1) is 22.9 Å². The van der Waals surface area contributed by atoms with Crippen LogP contribution in [0.4, 0.5) is 0 Å². The smallest absolute Gasteiger partial charge is 0.232 e. The van der Waals surface area contributed by atoms with Crippen LogP contribution in [0.15, 0.2) is 65.3 Å². The van der Waals surface area contributed by atoms with Crippen LogP contribution in [0, 0.1) is 6.92 Å². The molecule has 0 aliphatic carbocycles. The zero-order valence-corrected chi connectivity index (χ0v) is 19.3. The number of nitrogens with zero attached hydrogens (tertiary/aromatic N) is 5. The van der Waals surface area contributed by atoms with Crippen molar-refractivity contribution in [3.05, 3.63) is 83.1 Å². The quantitative estimate of drug-likeness (QED) is 0.371. The summed E-state index contributed by atoms with van der Waals surface area (Å²) in [4.78, 5) is 18.6. The van der Waals surface area contributed by atoms with Crippen molar-refractivity contribution in [3.8, 4) is 16.9 Å². The number of hydrogen-bond donors (Lipinski definition) is 0. The second kappa shape index (κ2) is 10.0. The molecule has 0 spiro atoms. The van der Waals surface area contributed by atoms with Crippen LogP contribution in [-0.2, 0) is 17.1 Å². The first-order valence-electron chi connectivity index (χ1n) is 10.0. The lowest BCUT2D eigenvalue weighted by Gasteiger charge is -2.16. The van der Waals surface area contributed by atoms with E-state index >= 15 is 0 Å². The van der Waals surface area contributed by atoms with Crippen molar-refractivity contribution in [3.63, 3.8) is 0 Å². The van der Waals surface area contributed by atoms with E-state index in [0.717, 1.165) is 22.5 Å². The zero-order chi connectivity index (χ0) is 22.5. The van der Waals surface area contributed by atoms with Gasteiger partial charge in [-0.15, -0.1) is 11.8 Å². The molecule has 0 saturated carbocycles. The molecule has 0 bridgehead atoms. The van der Waals surface area contributed by atoms with Crippen molar-refractivity contribution in [2.24, 2.45) is 0 Å². The van der Waals surface area contributed by atoms with Gasteiger partial charge in [-0.1, -0.05) is 47.1 Å². The Kier molecular flexibility index (Phi) is 6.92. The van der Waals surface area contributed by atoms with Gasteiger partial charge in [0.2, 0.25) is 11.8 Å². The molecule has 2 heterocycles. The van der Waals surface area contributed by atoms with E-state index in [-0.39, 0.29) is 5.91 Å². The van der Waals surface area contributed by atoms with Gasteiger partial charge in [0, 0.05) is 42.9 Å². The van der Waals surface area contributed by atoms with E-state index in [1.165, 1.54) is 11.8 Å². The van der Waals surface area contributed by atoms with Crippen LogP contribution in [0.25, 0.3) is 16.9 Å². The maximum Gasteiger partial charge on any atom is 0.232 e. The molecule has 0 unspecified atom stereocenters. The maximum atomic E-state index is 12.7. The van der Waals surface area contributed by atoms with Crippen LogP contribution in [0.2, 0.25) is 5.02 Å². The molecule has 0 N–H and O–H groups in total. The molecule has 0 atom stereocenters. The number of benzene rings is 2. The lowest BCUT2D eigenvalue weighted by atomic mass is 10.1. The lowest BCUT2D eigenvalue weighted by Crippen LogP contribution is -2.28. The van der Waals surface area contributed by atoms with Gasteiger partial charge in [-0.3, -0.25) is 4.79 Å². The predicted octanol–water partition coefficient (Wildman–Crippen LogP) is 4.78. The summed E-state index contributed by atoms with van der Waals surface area (Å²) in [6, 6.07) is 17.4. The van der Waals surface area contributed by atoms with Crippen molar-refractivity contribution in [2.45, 2.75) is 19.2 Å². The van der Waals surface area contributed by atoms with E-state index in [1.807, 2.05) is 65.5 Å². The van der Waals surface area contributed by atoms with Gasteiger partial charge in [-0.2, -0.15) is 10.1 Å². The van der Waals surface area contributed by atoms with Gasteiger partial charge in [-0.25, -0.2) is 4.68 Å². The fraction of sp³-hybridized carbons (Fsp3) is 0.217. The fourth-order valence-corrected chi connectivity index (χ4v) is 4.10. The molecule has 2 aromatic heterocycles. The average Bonchev–Trinajstić information content (AvgIpc) is 3.41. The summed E-state index contributed by atoms with van der Waals surface area (Å²) in [7, 11) is 1.80. The number of carbonyl (C=O) groups is 1. The van der Waals surface area contributed by atoms with Gasteiger partial charge in [0.25, 0.3) is 0 Å². The second-order valence-corrected chi connectivity index (χ2v) is 8.68. The molecule has 1 amide bonds. The molecule has 9 heteroatoms. The molecule has 0 fully saturated rings. The number of aromatic nitrogens is 4. The molecule has 2 aromatic carbocycles. The SMILES string of the molecule is Cc1nc(CSCC(=O)N(C)Cc2cn(-c3ccccc3)nc2-c2ccc(Cl)cc2)no1. The van der Waals surface area contributed by atoms with Crippen molar-refractivity contribution in [1.82, 2.24) is 24.8 Å². The fourth-order valence-electron chi connectivity index (χ4n) is 3.17. The highest BCUT2D eigenvalue weighted by molar-refractivity contribution is 7.99. The average molecular weight is 468 g/mol. The Morgan fingerprint density at radius 1 is 1.16 bits per heavy atom. The number of para-hydroxylation sites is 1. The Morgan fingerprint density at radius 3 is 2.59 bits per heavy atom. The number of aryl methyl sites for hydroxylation is 1. The highest BCUT2D eigenvalue weighted by atomic mass is 35.5. The van der Waals surface area contributed by atoms with Gasteiger partial charge in [0.1, 0.15) is 0 Å². The third-order valence-electron chi connectivity index (χ3n) is 4.79. The van der Waals surface area contributed by atoms with E-state index in [0.29, 0.717) is 34.8 Å². The first-order valence-corrected chi connectivity index (χ1v) is 11.5. The summed E-state index contributed by atoms with van der Waals surface area (Å²) >= 11 is 7.52. The standard InChI is InChI=1S/C23H22ClN5O2S/c1-16-25-21(27-31-16)14-32-15-22(30)28(2)12-18-13-29(20-6-4-3-5-7-20)26-23(18)17-8-10-19(24)11-9-17/h3-11,13H,12,14-15H2,1-2H3. The first kappa shape index (κ1) is 22.1. The van der Waals surface area contributed by atoms with Crippen molar-refractivity contribution >= 4 is 29.3 Å². The normalized spacial score (nSPS) is 11.0. The van der Waals surface area contributed by atoms with Gasteiger partial charge < -0.3 is 9.42 Å². The molecule has 32 heavy (non-hydrogen) atoms. The number of hydrogen-bond acceptors (Lipinski definition) is 6. The third kappa shape index (κ3) is 5.38. The Balaban J connectivity index is 1.50. The van der Waals surface area contributed by atoms with Gasteiger partial charge in [-0.05, 0) is 24.3 Å². The lowest BCUT2D eigenvalue weighted by molar-refractivity contribution is -0.127. The number of amides is 1. The number of rotatable bonds is 8. The van der Waals surface area contributed by atoms with E-state index in [9.17, 15) is 4.79 Å². The van der Waals surface area contributed by atoms with Gasteiger partial charge >= 0.3 is 0 Å². The monoisotopic (exact) mass is 467 g/mol. The summed E-state index contributed by atoms with van der Waals surface area (Å²) in [6.45, 7) is 2.18. The molecule has 4 rings (SSSR count). The Bertz CT molecular complexity index is 1190. The summed E-state index contributed by atoms with van der Waals surface area (Å²) < 4.78 is 6.80. The highest BCUT2D eigenvalue weighted by Gasteiger charge is 2.17. The second-order valence-electron chi connectivity index (χ2n) is 7.26. The van der Waals surface area contributed by atoms with Crippen LogP contribution < -0.4 is 0 Å². The number of thioether (sulfide) groups is 1. The van der Waals surface area contributed by atoms with Crippen LogP contribution in [0.1, 0.15) is 17.3 Å². The van der Waals surface area contributed by atoms with E-state index in [2.05, 4.69) is 10.1 Å². The summed E-state index contributed by atoms with van der Waals surface area (Å²) in [6.07, 6.45) is 1.97. The molecule has 4 aromatic rings. The first-order chi connectivity index (χ1) is 15.5. The van der Waals surface area contributed by atoms with Gasteiger partial charge in [0.15, 0.2) is 5.82 Å². The van der Waals surface area contributed by atoms with Crippen LogP contribution in [0.5, 0.6) is 0 Å². The largest absolute Gasteiger partial charge is 0.341 e. The molecular weight excluding hydrogens is 446 g/mol. The zero-order valence-electron chi connectivity index (χ0n) is 17.7. The maximum absolute atomic E-state index is 12.7. The minimum absolute atomic E-state index is 0.0183. The van der Waals surface area contributed by atoms with Crippen LogP contribution in [0.3, 0.4) is 0 Å². The molecule has 0 saturated heterocycles. The highest BCUT2D eigenvalue weighted by Crippen LogP contribution is 2.26. The Hall–Kier alpha value is -3.10. The van der Waals surface area contributed by atoms with Crippen LogP contribution in [-0.4, -0.2) is 43.5 Å². The minimum Gasteiger partial charge on any atom is -0.341 e. The summed E-state index contributed by atoms with van der Waals surface area (Å²) in [5.74, 6) is 1.99. The van der Waals surface area contributed by atoms with Crippen molar-refractivity contribution < 1.29 is 9.32 Å². The number of carbonyl (C=O) groups excluding carboxylic acids is 1. The minimum atomic E-state index is 0.0183. The molecule has 164 valence electrons. The van der Waals surface area contributed by atoms with E-state index < -0.39 is 0 Å². The topological polar surface area (TPSA) is 77.1 Å². The molecule has 0 radical (unpaired) electrons. The Morgan fingerprint density at radius 2 is 1.91 bits per heavy atom. The number of halogens is 1. The molecular formula is C23H22ClN5O2S. The van der Waals surface area contributed by atoms with E-state index in [1.54, 1.807) is 18.9 Å². The molecule has 7 nitrogen and oxygen atoms in total. The van der Waals surface area contributed by atoms with Crippen LogP contribution >= 0.6 is 23.4 Å². The molecule has 0 aliphatic heterocycles. The van der Waals surface area contributed by atoms with E-state index in [4.69, 9.17) is 21.2 Å². The predicted molar refractivity (Wildman–Crippen MR) is 126 cm³/mol. The summed E-state index contributed by atoms with van der Waals surface area (Å²) in [5.41, 5.74) is 3.67. The summed E-state index contributed by atoms with van der Waals surface area (Å²) in [5, 5.41) is 9.32. The van der Waals surface area contributed by atoms with Crippen molar-refractivity contribution in [1.29, 1.82) is 0 Å². The third-order valence-corrected chi connectivity index (χ3v) is 5.95. The van der Waals surface area contributed by atoms with Crippen molar-refractivity contribution in [2.75, 3.05) is 12.8 Å². The Labute approximate surface area is 195 Å².